The molecule has 0 aliphatic carbocycles. The molecule has 3 nitrogen and oxygen atoms in total. The molecule has 0 saturated heterocycles. The van der Waals surface area contributed by atoms with Gasteiger partial charge in [-0.2, -0.15) is 0 Å². The van der Waals surface area contributed by atoms with E-state index >= 15 is 0 Å². The molecule has 2 N–H and O–H groups in total. The lowest BCUT2D eigenvalue weighted by molar-refractivity contribution is 0.208. The molecule has 1 aromatic rings. The number of aromatic nitrogens is 2. The van der Waals surface area contributed by atoms with Crippen LogP contribution < -0.4 is 5.32 Å². The number of likely N-dealkylation sites (N-methyl/N-ethyl adjacent to an activating group) is 1. The summed E-state index contributed by atoms with van der Waals surface area (Å²) in [6.07, 6.45) is 2.53. The zero-order chi connectivity index (χ0) is 10.8. The molecular formula is C10H18FN3. The first kappa shape index (κ1) is 11.2. The lowest BCUT2D eigenvalue weighted by Crippen LogP contribution is -2.23. The highest BCUT2D eigenvalue weighted by atomic mass is 19.1. The van der Waals surface area contributed by atoms with Crippen LogP contribution in [0.15, 0.2) is 6.20 Å². The highest BCUT2D eigenvalue weighted by molar-refractivity contribution is 5.07. The highest BCUT2D eigenvalue weighted by Gasteiger charge is 2.22. The molecule has 1 heterocycles. The smallest absolute Gasteiger partial charge is 0.162 e. The summed E-state index contributed by atoms with van der Waals surface area (Å²) in [5.41, 5.74) is -0.422. The number of rotatable bonds is 4. The van der Waals surface area contributed by atoms with Crippen molar-refractivity contribution in [2.24, 2.45) is 0 Å². The van der Waals surface area contributed by atoms with E-state index in [2.05, 4.69) is 22.2 Å². The number of aromatic amines is 1. The number of nitrogens with zero attached hydrogens (tertiary/aromatic N) is 1. The van der Waals surface area contributed by atoms with Crippen LogP contribution in [0.2, 0.25) is 0 Å². The number of halogens is 1. The fraction of sp³-hybridized carbons (Fsp3) is 0.700. The summed E-state index contributed by atoms with van der Waals surface area (Å²) in [5.74, 6) is 0.399. The van der Waals surface area contributed by atoms with E-state index < -0.39 is 5.67 Å². The molecule has 0 aromatic carbocycles. The molecule has 14 heavy (non-hydrogen) atoms. The Morgan fingerprint density at radius 3 is 2.71 bits per heavy atom. The maximum absolute atomic E-state index is 13.4. The summed E-state index contributed by atoms with van der Waals surface area (Å²) < 4.78 is 13.4. The summed E-state index contributed by atoms with van der Waals surface area (Å²) in [6, 6.07) is 0.367. The molecule has 0 amide bonds. The third kappa shape index (κ3) is 2.80. The highest BCUT2D eigenvalue weighted by Crippen LogP contribution is 2.21. The van der Waals surface area contributed by atoms with Crippen molar-refractivity contribution in [3.63, 3.8) is 0 Å². The maximum Gasteiger partial charge on any atom is 0.162 e. The number of alkyl halides is 1. The normalized spacial score (nSPS) is 14.4. The summed E-state index contributed by atoms with van der Waals surface area (Å²) in [7, 11) is 1.90. The molecule has 1 aromatic heterocycles. The molecule has 1 rings (SSSR count). The van der Waals surface area contributed by atoms with Crippen LogP contribution in [0.5, 0.6) is 0 Å². The first-order valence-electron chi connectivity index (χ1n) is 4.84. The zero-order valence-electron chi connectivity index (χ0n) is 9.19. The van der Waals surface area contributed by atoms with Crippen LogP contribution in [0.25, 0.3) is 0 Å². The Kier molecular flexibility index (Phi) is 3.26. The number of imidazole rings is 1. The second-order valence-electron chi connectivity index (χ2n) is 4.12. The lowest BCUT2D eigenvalue weighted by atomic mass is 10.1. The van der Waals surface area contributed by atoms with E-state index in [1.807, 2.05) is 7.05 Å². The van der Waals surface area contributed by atoms with E-state index in [0.29, 0.717) is 11.9 Å². The third-order valence-corrected chi connectivity index (χ3v) is 2.21. The molecular weight excluding hydrogens is 181 g/mol. The van der Waals surface area contributed by atoms with E-state index in [-0.39, 0.29) is 0 Å². The van der Waals surface area contributed by atoms with E-state index in [4.69, 9.17) is 0 Å². The molecule has 0 radical (unpaired) electrons. The van der Waals surface area contributed by atoms with Crippen molar-refractivity contribution in [3.05, 3.63) is 17.7 Å². The van der Waals surface area contributed by atoms with E-state index in [0.717, 1.165) is 12.1 Å². The van der Waals surface area contributed by atoms with Gasteiger partial charge in [-0.1, -0.05) is 0 Å². The Hall–Kier alpha value is -0.900. The molecule has 0 aliphatic rings. The molecule has 0 saturated carbocycles. The van der Waals surface area contributed by atoms with Gasteiger partial charge in [0.2, 0.25) is 0 Å². The van der Waals surface area contributed by atoms with Crippen molar-refractivity contribution in [2.75, 3.05) is 7.05 Å². The quantitative estimate of drug-likeness (QED) is 0.775. The van der Waals surface area contributed by atoms with Crippen molar-refractivity contribution >= 4 is 0 Å². The van der Waals surface area contributed by atoms with Gasteiger partial charge < -0.3 is 10.3 Å². The van der Waals surface area contributed by atoms with Crippen molar-refractivity contribution < 1.29 is 4.39 Å². The topological polar surface area (TPSA) is 40.7 Å². The average Bonchev–Trinajstić information content (AvgIpc) is 2.51. The van der Waals surface area contributed by atoms with Crippen LogP contribution in [0.3, 0.4) is 0 Å². The van der Waals surface area contributed by atoms with E-state index in [9.17, 15) is 4.39 Å². The van der Waals surface area contributed by atoms with Crippen LogP contribution in [0.4, 0.5) is 4.39 Å². The predicted octanol–water partition coefficient (Wildman–Crippen LogP) is 1.76. The second kappa shape index (κ2) is 4.09. The standard InChI is InChI=1S/C10H18FN3/c1-7(12-4)5-8-6-13-9(14-8)10(2,3)11/h6-7,12H,5H2,1-4H3,(H,13,14). The third-order valence-electron chi connectivity index (χ3n) is 2.21. The Labute approximate surface area is 84.1 Å². The van der Waals surface area contributed by atoms with Gasteiger partial charge in [-0.05, 0) is 27.8 Å². The predicted molar refractivity (Wildman–Crippen MR) is 54.9 cm³/mol. The Balaban J connectivity index is 2.69. The van der Waals surface area contributed by atoms with Gasteiger partial charge in [0.1, 0.15) is 5.82 Å². The number of H-pyrrole nitrogens is 1. The van der Waals surface area contributed by atoms with Gasteiger partial charge in [0.25, 0.3) is 0 Å². The molecule has 0 bridgehead atoms. The van der Waals surface area contributed by atoms with Gasteiger partial charge in [0.15, 0.2) is 5.67 Å². The zero-order valence-corrected chi connectivity index (χ0v) is 9.19. The van der Waals surface area contributed by atoms with E-state index in [1.165, 1.54) is 13.8 Å². The van der Waals surface area contributed by atoms with Crippen LogP contribution in [0.1, 0.15) is 32.3 Å². The van der Waals surface area contributed by atoms with Gasteiger partial charge in [-0.25, -0.2) is 9.37 Å². The van der Waals surface area contributed by atoms with Gasteiger partial charge in [0, 0.05) is 24.4 Å². The molecule has 0 aliphatic heterocycles. The summed E-state index contributed by atoms with van der Waals surface area (Å²) >= 11 is 0. The minimum atomic E-state index is -1.39. The van der Waals surface area contributed by atoms with E-state index in [1.54, 1.807) is 6.20 Å². The first-order valence-corrected chi connectivity index (χ1v) is 4.84. The minimum absolute atomic E-state index is 0.367. The fourth-order valence-electron chi connectivity index (χ4n) is 1.20. The first-order chi connectivity index (χ1) is 6.43. The van der Waals surface area contributed by atoms with Crippen molar-refractivity contribution in [1.82, 2.24) is 15.3 Å². The van der Waals surface area contributed by atoms with Crippen LogP contribution in [0, 0.1) is 0 Å². The Bertz CT molecular complexity index is 288. The van der Waals surface area contributed by atoms with Crippen LogP contribution in [-0.4, -0.2) is 23.1 Å². The summed E-state index contributed by atoms with van der Waals surface area (Å²) in [4.78, 5) is 7.01. The number of hydrogen-bond acceptors (Lipinski definition) is 2. The van der Waals surface area contributed by atoms with Crippen molar-refractivity contribution in [2.45, 2.75) is 38.9 Å². The molecule has 1 unspecified atom stereocenters. The largest absolute Gasteiger partial charge is 0.343 e. The van der Waals surface area contributed by atoms with Crippen LogP contribution >= 0.6 is 0 Å². The number of hydrogen-bond donors (Lipinski definition) is 2. The van der Waals surface area contributed by atoms with Gasteiger partial charge in [0.05, 0.1) is 0 Å². The summed E-state index contributed by atoms with van der Waals surface area (Å²) in [6.45, 7) is 5.06. The number of nitrogens with one attached hydrogen (secondary N) is 2. The van der Waals surface area contributed by atoms with Gasteiger partial charge >= 0.3 is 0 Å². The second-order valence-corrected chi connectivity index (χ2v) is 4.12. The van der Waals surface area contributed by atoms with Gasteiger partial charge in [-0.15, -0.1) is 0 Å². The fourth-order valence-corrected chi connectivity index (χ4v) is 1.20. The Morgan fingerprint density at radius 1 is 1.64 bits per heavy atom. The molecule has 1 atom stereocenters. The maximum atomic E-state index is 13.4. The molecule has 0 fully saturated rings. The minimum Gasteiger partial charge on any atom is -0.343 e. The van der Waals surface area contributed by atoms with Crippen LogP contribution in [-0.2, 0) is 12.1 Å². The van der Waals surface area contributed by atoms with Crippen molar-refractivity contribution in [1.29, 1.82) is 0 Å². The Morgan fingerprint density at radius 2 is 2.29 bits per heavy atom. The molecule has 0 spiro atoms. The molecule has 80 valence electrons. The monoisotopic (exact) mass is 199 g/mol. The SMILES string of the molecule is CNC(C)Cc1cnc(C(C)(C)F)[nH]1. The lowest BCUT2D eigenvalue weighted by Gasteiger charge is -2.10. The average molecular weight is 199 g/mol. The molecule has 4 heteroatoms. The van der Waals surface area contributed by atoms with Crippen molar-refractivity contribution in [3.8, 4) is 0 Å². The van der Waals surface area contributed by atoms with Gasteiger partial charge in [-0.3, -0.25) is 0 Å². The summed E-state index contributed by atoms with van der Waals surface area (Å²) in [5, 5.41) is 3.12.